The van der Waals surface area contributed by atoms with Crippen LogP contribution in [-0.4, -0.2) is 182 Å². The Morgan fingerprint density at radius 3 is 1.25 bits per heavy atom. The van der Waals surface area contributed by atoms with Gasteiger partial charge in [-0.05, 0) is 71.9 Å². The second-order valence-corrected chi connectivity index (χ2v) is 16.0. The maximum atomic E-state index is 13.6. The molecular formula is C38H67N11O16S2. The molecule has 0 saturated heterocycles. The molecule has 8 amide bonds. The van der Waals surface area contributed by atoms with Crippen molar-refractivity contribution >= 4 is 90.4 Å². The standard InChI is InChI=1S/C38H67N11O16S2/c1-18(42-32(58)21(8-4-6-14-40)44-35(61)24(15-50)46-36(62)25(16-66)47-31(57)20(41)7-3-5-13-39)30(56)43-22(9-11-27(52)53)33(59)45-23(10-12-28(54)55)34(60)48-26(17-67)37(63)49-29(19(2)51)38(64)65/h18-26,29,50-51,66-67H,3-17,39-41H2,1-2H3,(H,42,58)(H,43,56)(H,44,61)(H,45,59)(H,46,62)(H,47,57)(H,48,60)(H,49,63)(H,52,53)(H,54,55)(H,64,65)/t18-,19+,20-,21-,22-,23-,24-,25-,26-,29-/m0/s1. The minimum atomic E-state index is -1.79. The molecule has 0 unspecified atom stereocenters. The van der Waals surface area contributed by atoms with Gasteiger partial charge in [-0.2, -0.15) is 25.3 Å². The average molecular weight is 998 g/mol. The van der Waals surface area contributed by atoms with Crippen molar-refractivity contribution in [3.8, 4) is 0 Å². The van der Waals surface area contributed by atoms with Crippen molar-refractivity contribution in [1.82, 2.24) is 42.5 Å². The van der Waals surface area contributed by atoms with Gasteiger partial charge in [0.05, 0.1) is 18.8 Å². The highest BCUT2D eigenvalue weighted by Gasteiger charge is 2.35. The Kier molecular flexibility index (Phi) is 30.6. The van der Waals surface area contributed by atoms with Gasteiger partial charge in [-0.1, -0.05) is 6.42 Å². The Balaban J connectivity index is 6.16. The molecule has 0 aliphatic carbocycles. The number of rotatable bonds is 35. The van der Waals surface area contributed by atoms with Crippen LogP contribution in [0.15, 0.2) is 0 Å². The average Bonchev–Trinajstić information content (AvgIpc) is 3.26. The summed E-state index contributed by atoms with van der Waals surface area (Å²) in [5.74, 6) is -13.2. The Bertz CT molecular complexity index is 1700. The summed E-state index contributed by atoms with van der Waals surface area (Å²) in [4.78, 5) is 140. The van der Waals surface area contributed by atoms with Crippen LogP contribution >= 0.6 is 25.3 Å². The lowest BCUT2D eigenvalue weighted by molar-refractivity contribution is -0.145. The molecule has 0 bridgehead atoms. The zero-order chi connectivity index (χ0) is 51.4. The number of unbranched alkanes of at least 4 members (excludes halogenated alkanes) is 2. The molecule has 0 fully saturated rings. The summed E-state index contributed by atoms with van der Waals surface area (Å²) in [5, 5.41) is 65.8. The first kappa shape index (κ1) is 61.7. The minimum Gasteiger partial charge on any atom is -0.481 e. The van der Waals surface area contributed by atoms with Crippen LogP contribution in [0.4, 0.5) is 0 Å². The van der Waals surface area contributed by atoms with Crippen LogP contribution in [0.25, 0.3) is 0 Å². The molecule has 0 aliphatic heterocycles. The number of hydrogen-bond acceptors (Lipinski definition) is 18. The fourth-order valence-corrected chi connectivity index (χ4v) is 6.26. The molecule has 67 heavy (non-hydrogen) atoms. The monoisotopic (exact) mass is 997 g/mol. The maximum absolute atomic E-state index is 13.6. The summed E-state index contributed by atoms with van der Waals surface area (Å²) in [6.45, 7) is 1.89. The number of aliphatic hydroxyl groups is 2. The fourth-order valence-electron chi connectivity index (χ4n) is 5.74. The van der Waals surface area contributed by atoms with Gasteiger partial charge in [0.25, 0.3) is 0 Å². The van der Waals surface area contributed by atoms with E-state index in [0.717, 1.165) is 6.92 Å². The highest BCUT2D eigenvalue weighted by Crippen LogP contribution is 2.08. The van der Waals surface area contributed by atoms with Crippen molar-refractivity contribution in [2.45, 2.75) is 139 Å². The summed E-state index contributed by atoms with van der Waals surface area (Å²) in [5.41, 5.74) is 17.0. The summed E-state index contributed by atoms with van der Waals surface area (Å²) < 4.78 is 0. The van der Waals surface area contributed by atoms with Crippen LogP contribution in [0.5, 0.6) is 0 Å². The van der Waals surface area contributed by atoms with Crippen LogP contribution in [0.1, 0.15) is 78.1 Å². The third kappa shape index (κ3) is 24.3. The van der Waals surface area contributed by atoms with Crippen LogP contribution in [0.3, 0.4) is 0 Å². The largest absolute Gasteiger partial charge is 0.481 e. The third-order valence-corrected chi connectivity index (χ3v) is 10.4. The molecule has 0 radical (unpaired) electrons. The molecule has 29 heteroatoms. The maximum Gasteiger partial charge on any atom is 0.328 e. The lowest BCUT2D eigenvalue weighted by Crippen LogP contribution is -2.60. The van der Waals surface area contributed by atoms with E-state index >= 15 is 0 Å². The molecule has 0 aromatic heterocycles. The first-order chi connectivity index (χ1) is 31.5. The number of thiol groups is 2. The molecule has 0 rings (SSSR count). The van der Waals surface area contributed by atoms with Crippen molar-refractivity contribution in [3.05, 3.63) is 0 Å². The topological polar surface area (TPSA) is 463 Å². The van der Waals surface area contributed by atoms with E-state index in [0.29, 0.717) is 25.8 Å². The molecule has 0 spiro atoms. The Morgan fingerprint density at radius 1 is 0.478 bits per heavy atom. The normalized spacial score (nSPS) is 15.5. The van der Waals surface area contributed by atoms with E-state index in [-0.39, 0.29) is 31.6 Å². The molecule has 19 N–H and O–H groups in total. The number of carboxylic acid groups (broad SMARTS) is 3. The number of nitrogens with one attached hydrogen (secondary N) is 8. The van der Waals surface area contributed by atoms with Gasteiger partial charge in [0.15, 0.2) is 6.04 Å². The van der Waals surface area contributed by atoms with E-state index in [9.17, 15) is 78.3 Å². The molecule has 0 aliphatic rings. The van der Waals surface area contributed by atoms with Crippen LogP contribution in [0, 0.1) is 0 Å². The number of carboxylic acids is 3. The van der Waals surface area contributed by atoms with Gasteiger partial charge in [-0.15, -0.1) is 0 Å². The number of aliphatic hydroxyl groups excluding tert-OH is 2. The SMILES string of the molecule is C[C@H](NC(=O)[C@H](CCCCN)NC(=O)[C@H](CO)NC(=O)[C@H](CS)NC(=O)[C@@H](N)CCCCN)C(=O)N[C@@H](CCC(=O)O)C(=O)N[C@@H](CCC(=O)O)C(=O)N[C@@H](CS)C(=O)N[C@H](C(=O)O)[C@@H](C)O. The zero-order valence-corrected chi connectivity index (χ0v) is 39.0. The van der Waals surface area contributed by atoms with Crippen molar-refractivity contribution in [2.75, 3.05) is 31.2 Å². The van der Waals surface area contributed by atoms with Crippen molar-refractivity contribution in [1.29, 1.82) is 0 Å². The molecule has 0 heterocycles. The molecule has 0 aromatic rings. The molecule has 27 nitrogen and oxygen atoms in total. The predicted octanol–water partition coefficient (Wildman–Crippen LogP) is -6.48. The first-order valence-corrected chi connectivity index (χ1v) is 22.5. The summed E-state index contributed by atoms with van der Waals surface area (Å²) >= 11 is 8.06. The Hall–Kier alpha value is -5.33. The fraction of sp³-hybridized carbons (Fsp3) is 0.711. The van der Waals surface area contributed by atoms with Crippen LogP contribution < -0.4 is 59.7 Å². The number of carbonyl (C=O) groups excluding carboxylic acids is 8. The van der Waals surface area contributed by atoms with Gasteiger partial charge in [0, 0.05) is 24.3 Å². The molecule has 10 atom stereocenters. The van der Waals surface area contributed by atoms with E-state index in [2.05, 4.69) is 62.5 Å². The second kappa shape index (κ2) is 33.2. The predicted molar refractivity (Wildman–Crippen MR) is 243 cm³/mol. The quantitative estimate of drug-likeness (QED) is 0.0207. The Labute approximate surface area is 397 Å². The van der Waals surface area contributed by atoms with E-state index in [1.165, 1.54) is 6.92 Å². The van der Waals surface area contributed by atoms with Crippen molar-refractivity contribution < 1.29 is 78.3 Å². The summed E-state index contributed by atoms with van der Waals surface area (Å²) in [7, 11) is 0. The summed E-state index contributed by atoms with van der Waals surface area (Å²) in [6.07, 6.45) is -2.14. The lowest BCUT2D eigenvalue weighted by atomic mass is 10.1. The van der Waals surface area contributed by atoms with Gasteiger partial charge in [0.1, 0.15) is 42.3 Å². The number of nitrogens with two attached hydrogens (primary N) is 3. The van der Waals surface area contributed by atoms with Crippen molar-refractivity contribution in [3.63, 3.8) is 0 Å². The van der Waals surface area contributed by atoms with Gasteiger partial charge < -0.3 is 85.3 Å². The first-order valence-electron chi connectivity index (χ1n) is 21.2. The minimum absolute atomic E-state index is 0.0631. The molecular weight excluding hydrogens is 931 g/mol. The molecule has 0 saturated carbocycles. The number of hydrogen-bond donors (Lipinski definition) is 18. The van der Waals surface area contributed by atoms with E-state index in [1.807, 2.05) is 5.32 Å². The zero-order valence-electron chi connectivity index (χ0n) is 37.2. The van der Waals surface area contributed by atoms with E-state index in [1.54, 1.807) is 0 Å². The highest BCUT2D eigenvalue weighted by molar-refractivity contribution is 7.80. The van der Waals surface area contributed by atoms with Crippen LogP contribution in [-0.2, 0) is 52.7 Å². The molecule has 382 valence electrons. The Morgan fingerprint density at radius 2 is 0.836 bits per heavy atom. The van der Waals surface area contributed by atoms with Crippen molar-refractivity contribution in [2.24, 2.45) is 17.2 Å². The summed E-state index contributed by atoms with van der Waals surface area (Å²) in [6, 6.07) is -13.6. The van der Waals surface area contributed by atoms with Gasteiger partial charge in [0.2, 0.25) is 47.3 Å². The van der Waals surface area contributed by atoms with Gasteiger partial charge in [-0.25, -0.2) is 4.79 Å². The van der Waals surface area contributed by atoms with Gasteiger partial charge >= 0.3 is 17.9 Å². The lowest BCUT2D eigenvalue weighted by Gasteiger charge is -2.27. The van der Waals surface area contributed by atoms with E-state index < -0.39 is 164 Å². The van der Waals surface area contributed by atoms with E-state index in [4.69, 9.17) is 17.2 Å². The number of carbonyl (C=O) groups is 11. The number of aliphatic carboxylic acids is 3. The second-order valence-electron chi connectivity index (χ2n) is 15.3. The smallest absolute Gasteiger partial charge is 0.328 e. The van der Waals surface area contributed by atoms with Crippen LogP contribution in [0.2, 0.25) is 0 Å². The third-order valence-electron chi connectivity index (χ3n) is 9.69. The molecule has 0 aromatic carbocycles. The number of amides is 8. The van der Waals surface area contributed by atoms with Gasteiger partial charge in [-0.3, -0.25) is 47.9 Å². The highest BCUT2D eigenvalue weighted by atomic mass is 32.1.